The lowest BCUT2D eigenvalue weighted by molar-refractivity contribution is 0.439. The number of rotatable bonds is 6. The van der Waals surface area contributed by atoms with Crippen LogP contribution in [0.2, 0.25) is 0 Å². The van der Waals surface area contributed by atoms with E-state index in [0.717, 1.165) is 36.2 Å². The van der Waals surface area contributed by atoms with Crippen molar-refractivity contribution in [1.29, 1.82) is 0 Å². The molecule has 6 heteroatoms. The molecular weight excluding hydrogens is 380 g/mol. The number of hydrogen-bond acceptors (Lipinski definition) is 4. The largest absolute Gasteiger partial charge is 0.268 e. The molecule has 29 heavy (non-hydrogen) atoms. The van der Waals surface area contributed by atoms with Crippen LogP contribution in [0.3, 0.4) is 0 Å². The molecule has 2 heterocycles. The van der Waals surface area contributed by atoms with Crippen molar-refractivity contribution in [3.63, 3.8) is 0 Å². The van der Waals surface area contributed by atoms with Gasteiger partial charge < -0.3 is 0 Å². The first kappa shape index (κ1) is 20.0. The van der Waals surface area contributed by atoms with Crippen molar-refractivity contribution in [1.82, 2.24) is 19.2 Å². The minimum absolute atomic E-state index is 0.0189. The maximum Gasteiger partial charge on any atom is 0.265 e. The van der Waals surface area contributed by atoms with Crippen LogP contribution in [-0.4, -0.2) is 24.9 Å². The van der Waals surface area contributed by atoms with Crippen molar-refractivity contribution in [3.8, 4) is 11.3 Å². The fourth-order valence-electron chi connectivity index (χ4n) is 4.20. The van der Waals surface area contributed by atoms with Crippen LogP contribution in [0.4, 0.5) is 0 Å². The summed E-state index contributed by atoms with van der Waals surface area (Å²) in [5.74, 6) is 1.73. The normalized spacial score (nSPS) is 18.1. The van der Waals surface area contributed by atoms with E-state index in [4.69, 9.17) is 10.1 Å². The molecule has 0 spiro atoms. The van der Waals surface area contributed by atoms with Crippen LogP contribution in [0.15, 0.2) is 46.9 Å². The molecule has 152 valence electrons. The smallest absolute Gasteiger partial charge is 0.265 e. The molecule has 1 atom stereocenters. The van der Waals surface area contributed by atoms with Crippen molar-refractivity contribution in [2.24, 2.45) is 5.92 Å². The third-order valence-electron chi connectivity index (χ3n) is 5.80. The number of nitrogens with zero attached hydrogens (tertiary/aromatic N) is 4. The van der Waals surface area contributed by atoms with E-state index in [-0.39, 0.29) is 11.0 Å². The molecule has 0 saturated carbocycles. The van der Waals surface area contributed by atoms with Gasteiger partial charge >= 0.3 is 0 Å². The van der Waals surface area contributed by atoms with Crippen molar-refractivity contribution in [2.75, 3.05) is 5.75 Å². The first-order chi connectivity index (χ1) is 13.9. The second-order valence-corrected chi connectivity index (χ2v) is 9.47. The first-order valence-corrected chi connectivity index (χ1v) is 11.2. The highest BCUT2D eigenvalue weighted by atomic mass is 32.2. The minimum Gasteiger partial charge on any atom is -0.268 e. The zero-order valence-electron chi connectivity index (χ0n) is 17.6. The van der Waals surface area contributed by atoms with Gasteiger partial charge in [0.25, 0.3) is 5.56 Å². The molecule has 1 aliphatic carbocycles. The van der Waals surface area contributed by atoms with E-state index in [9.17, 15) is 4.79 Å². The summed E-state index contributed by atoms with van der Waals surface area (Å²) < 4.78 is 3.61. The molecule has 0 N–H and O–H groups in total. The van der Waals surface area contributed by atoms with Crippen LogP contribution >= 0.6 is 11.8 Å². The SMILES string of the molecule is C=CCSc1nn(CC(C)C)c2nc3c(c(=O)n12)[C@@](C)(CC)Cc1ccccc1-3. The second-order valence-electron chi connectivity index (χ2n) is 8.48. The molecule has 0 radical (unpaired) electrons. The molecule has 0 amide bonds. The minimum atomic E-state index is -0.241. The Hall–Kier alpha value is -2.34. The van der Waals surface area contributed by atoms with Crippen LogP contribution in [-0.2, 0) is 18.4 Å². The second kappa shape index (κ2) is 7.48. The molecule has 1 aromatic carbocycles. The van der Waals surface area contributed by atoms with Gasteiger partial charge in [0.15, 0.2) is 5.16 Å². The molecule has 4 rings (SSSR count). The number of benzene rings is 1. The molecule has 0 saturated heterocycles. The van der Waals surface area contributed by atoms with E-state index in [0.29, 0.717) is 22.6 Å². The Kier molecular flexibility index (Phi) is 5.15. The summed E-state index contributed by atoms with van der Waals surface area (Å²) in [5.41, 5.74) is 3.76. The Morgan fingerprint density at radius 1 is 1.34 bits per heavy atom. The lowest BCUT2D eigenvalue weighted by Crippen LogP contribution is -2.38. The summed E-state index contributed by atoms with van der Waals surface area (Å²) in [4.78, 5) is 18.9. The van der Waals surface area contributed by atoms with Gasteiger partial charge in [-0.15, -0.1) is 11.7 Å². The molecule has 0 fully saturated rings. The van der Waals surface area contributed by atoms with Crippen molar-refractivity contribution < 1.29 is 0 Å². The van der Waals surface area contributed by atoms with E-state index >= 15 is 0 Å². The molecule has 5 nitrogen and oxygen atoms in total. The molecule has 1 aliphatic rings. The molecular formula is C23H28N4OS. The number of thioether (sulfide) groups is 1. The Labute approximate surface area is 175 Å². The third-order valence-corrected chi connectivity index (χ3v) is 6.72. The Morgan fingerprint density at radius 3 is 2.79 bits per heavy atom. The van der Waals surface area contributed by atoms with E-state index in [1.54, 1.807) is 4.40 Å². The van der Waals surface area contributed by atoms with Gasteiger partial charge in [-0.05, 0) is 24.3 Å². The number of fused-ring (bicyclic) bond motifs is 4. The summed E-state index contributed by atoms with van der Waals surface area (Å²) in [6, 6.07) is 8.34. The highest BCUT2D eigenvalue weighted by molar-refractivity contribution is 7.99. The zero-order chi connectivity index (χ0) is 20.8. The van der Waals surface area contributed by atoms with Gasteiger partial charge in [-0.3, -0.25) is 4.79 Å². The van der Waals surface area contributed by atoms with Gasteiger partial charge in [0.1, 0.15) is 0 Å². The Bertz CT molecular complexity index is 1140. The summed E-state index contributed by atoms with van der Waals surface area (Å²) in [6.07, 6.45) is 3.57. The lowest BCUT2D eigenvalue weighted by Gasteiger charge is -2.35. The quantitative estimate of drug-likeness (QED) is 0.438. The summed E-state index contributed by atoms with van der Waals surface area (Å²) in [6.45, 7) is 13.2. The van der Waals surface area contributed by atoms with E-state index in [2.05, 4.69) is 52.5 Å². The summed E-state index contributed by atoms with van der Waals surface area (Å²) in [7, 11) is 0. The Balaban J connectivity index is 2.08. The van der Waals surface area contributed by atoms with Gasteiger partial charge in [-0.1, -0.05) is 69.8 Å². The van der Waals surface area contributed by atoms with Gasteiger partial charge in [-0.25, -0.2) is 14.1 Å². The van der Waals surface area contributed by atoms with E-state index in [1.165, 1.54) is 17.3 Å². The maximum atomic E-state index is 13.9. The number of hydrogen-bond donors (Lipinski definition) is 0. The summed E-state index contributed by atoms with van der Waals surface area (Å²) >= 11 is 1.53. The highest BCUT2D eigenvalue weighted by Crippen LogP contribution is 2.42. The lowest BCUT2D eigenvalue weighted by atomic mass is 9.69. The van der Waals surface area contributed by atoms with Crippen LogP contribution in [0, 0.1) is 5.92 Å². The predicted molar refractivity (Wildman–Crippen MR) is 120 cm³/mol. The first-order valence-electron chi connectivity index (χ1n) is 10.3. The molecule has 3 aromatic rings. The monoisotopic (exact) mass is 408 g/mol. The van der Waals surface area contributed by atoms with Gasteiger partial charge in [-0.2, -0.15) is 0 Å². The Morgan fingerprint density at radius 2 is 2.10 bits per heavy atom. The highest BCUT2D eigenvalue weighted by Gasteiger charge is 2.38. The molecule has 0 aliphatic heterocycles. The van der Waals surface area contributed by atoms with Gasteiger partial charge in [0, 0.05) is 23.3 Å². The predicted octanol–water partition coefficient (Wildman–Crippen LogP) is 4.72. The van der Waals surface area contributed by atoms with Crippen molar-refractivity contribution >= 4 is 17.5 Å². The van der Waals surface area contributed by atoms with Crippen molar-refractivity contribution in [3.05, 3.63) is 58.4 Å². The third kappa shape index (κ3) is 3.23. The van der Waals surface area contributed by atoms with Gasteiger partial charge in [0.2, 0.25) is 5.78 Å². The summed E-state index contributed by atoms with van der Waals surface area (Å²) in [5, 5.41) is 5.45. The fourth-order valence-corrected chi connectivity index (χ4v) is 4.92. The standard InChI is InChI=1S/C23H28N4OS/c1-6-12-29-22-25-26(14-15(3)4)21-24-19-17-11-9-8-10-16(17)13-23(5,7-2)18(19)20(28)27(21)22/h6,8-11,15H,1,7,12-14H2,2-5H3/t23-/m0/s1. The van der Waals surface area contributed by atoms with Crippen LogP contribution in [0.5, 0.6) is 0 Å². The molecule has 0 bridgehead atoms. The zero-order valence-corrected chi connectivity index (χ0v) is 18.4. The molecule has 2 aromatic heterocycles. The van der Waals surface area contributed by atoms with Crippen LogP contribution in [0.25, 0.3) is 17.0 Å². The molecule has 0 unspecified atom stereocenters. The maximum absolute atomic E-state index is 13.9. The average Bonchev–Trinajstić information content (AvgIpc) is 3.03. The van der Waals surface area contributed by atoms with Crippen molar-refractivity contribution in [2.45, 2.75) is 57.7 Å². The average molecular weight is 409 g/mol. The van der Waals surface area contributed by atoms with Gasteiger partial charge in [0.05, 0.1) is 11.3 Å². The number of aromatic nitrogens is 4. The van der Waals surface area contributed by atoms with Crippen LogP contribution in [0.1, 0.15) is 45.2 Å². The van der Waals surface area contributed by atoms with E-state index < -0.39 is 0 Å². The fraction of sp³-hybridized carbons (Fsp3) is 0.435. The van der Waals surface area contributed by atoms with Crippen LogP contribution < -0.4 is 5.56 Å². The topological polar surface area (TPSA) is 52.2 Å². The van der Waals surface area contributed by atoms with E-state index in [1.807, 2.05) is 16.8 Å².